The van der Waals surface area contributed by atoms with Gasteiger partial charge >= 0.3 is 0 Å². The van der Waals surface area contributed by atoms with Gasteiger partial charge in [0.15, 0.2) is 0 Å². The van der Waals surface area contributed by atoms with E-state index in [-0.39, 0.29) is 29.5 Å². The highest BCUT2D eigenvalue weighted by atomic mass is 32.2. The molecule has 2 amide bonds. The van der Waals surface area contributed by atoms with Crippen LogP contribution in [0.2, 0.25) is 0 Å². The first-order valence-corrected chi connectivity index (χ1v) is 22.9. The number of methoxy groups -OCH3 is 1. The van der Waals surface area contributed by atoms with Crippen molar-refractivity contribution in [2.75, 3.05) is 85.6 Å². The van der Waals surface area contributed by atoms with Gasteiger partial charge in [0.2, 0.25) is 27.8 Å². The predicted molar refractivity (Wildman–Crippen MR) is 234 cm³/mol. The van der Waals surface area contributed by atoms with Gasteiger partial charge in [-0.3, -0.25) is 24.1 Å². The quantitative estimate of drug-likeness (QED) is 0.120. The van der Waals surface area contributed by atoms with Crippen molar-refractivity contribution >= 4 is 67.4 Å². The standard InChI is InChI=1S/C44H51FN10O5S/c1-60-38-26-28(6-8-32(38)33-9-11-39(56)49-43(33)57)13-18-52-22-24-53(25-23-52)31-15-19-54(20-16-31)37-10-7-30(27-35(37)45)47-44-50-41-34(12-17-46-41)42(51-44)48-36-5-3-4-29-14-21-55(40(29)36)61(2,58)59/h3-8,10,12,17,26-27,31,33H,9,11,13-16,18-25H2,1-2H3,(H,49,56,57)(H3,46,47,48,50,51). The number of ether oxygens (including phenoxy) is 1. The second-order valence-corrected chi connectivity index (χ2v) is 18.3. The SMILES string of the molecule is COc1cc(CCN2CCN(C3CCN(c4ccc(Nc5nc(Nc6cccc7c6N(S(C)(=O)=O)CC7)c6cc[nH]c6n5)cc4F)CC3)CC2)ccc1C1CCC(=O)NC1=O. The third-order valence-corrected chi connectivity index (χ3v) is 13.7. The lowest BCUT2D eigenvalue weighted by Crippen LogP contribution is -2.53. The number of H-pyrrole nitrogens is 1. The van der Waals surface area contributed by atoms with Gasteiger partial charge in [-0.25, -0.2) is 12.8 Å². The van der Waals surface area contributed by atoms with Crippen LogP contribution in [0.1, 0.15) is 48.3 Å². The smallest absolute Gasteiger partial charge is 0.234 e. The number of imide groups is 1. The Morgan fingerprint density at radius 1 is 0.902 bits per heavy atom. The Labute approximate surface area is 354 Å². The Hall–Kier alpha value is -5.78. The lowest BCUT2D eigenvalue weighted by molar-refractivity contribution is -0.134. The molecule has 61 heavy (non-hydrogen) atoms. The number of fused-ring (bicyclic) bond motifs is 2. The number of anilines is 6. The molecule has 1 unspecified atom stereocenters. The number of piperazine rings is 1. The molecule has 17 heteroatoms. The summed E-state index contributed by atoms with van der Waals surface area (Å²) in [5.41, 5.74) is 5.83. The van der Waals surface area contributed by atoms with Gasteiger partial charge in [-0.15, -0.1) is 0 Å². The average Bonchev–Trinajstić information content (AvgIpc) is 3.92. The second kappa shape index (κ2) is 16.9. The maximum atomic E-state index is 15.8. The summed E-state index contributed by atoms with van der Waals surface area (Å²) in [5.74, 6) is 0.263. The summed E-state index contributed by atoms with van der Waals surface area (Å²) < 4.78 is 48.1. The highest BCUT2D eigenvalue weighted by molar-refractivity contribution is 7.92. The predicted octanol–water partition coefficient (Wildman–Crippen LogP) is 5.26. The van der Waals surface area contributed by atoms with Crippen LogP contribution in [0.25, 0.3) is 11.0 Å². The molecule has 4 aliphatic rings. The van der Waals surface area contributed by atoms with E-state index in [1.165, 1.54) is 16.6 Å². The summed E-state index contributed by atoms with van der Waals surface area (Å²) in [4.78, 5) is 43.8. The number of rotatable bonds is 12. The van der Waals surface area contributed by atoms with Crippen LogP contribution in [-0.4, -0.2) is 117 Å². The molecule has 0 aliphatic carbocycles. The Balaban J connectivity index is 0.775. The molecule has 3 saturated heterocycles. The maximum Gasteiger partial charge on any atom is 0.234 e. The first kappa shape index (κ1) is 40.6. The first-order valence-electron chi connectivity index (χ1n) is 21.0. The summed E-state index contributed by atoms with van der Waals surface area (Å²) in [5, 5.41) is 9.71. The number of hydrogen-bond donors (Lipinski definition) is 4. The molecule has 4 N–H and O–H groups in total. The Kier molecular flexibility index (Phi) is 11.3. The van der Waals surface area contributed by atoms with E-state index in [9.17, 15) is 18.0 Å². The van der Waals surface area contributed by atoms with Gasteiger partial charge in [0.25, 0.3) is 0 Å². The van der Waals surface area contributed by atoms with E-state index in [2.05, 4.69) is 46.7 Å². The molecular weight excluding hydrogens is 800 g/mol. The van der Waals surface area contributed by atoms with Crippen molar-refractivity contribution in [2.24, 2.45) is 0 Å². The molecule has 9 rings (SSSR count). The summed E-state index contributed by atoms with van der Waals surface area (Å²) in [6.07, 6.45) is 7.23. The number of aromatic amines is 1. The van der Waals surface area contributed by atoms with Crippen molar-refractivity contribution in [1.29, 1.82) is 0 Å². The monoisotopic (exact) mass is 850 g/mol. The zero-order chi connectivity index (χ0) is 42.3. The van der Waals surface area contributed by atoms with Gasteiger partial charge in [0.1, 0.15) is 23.0 Å². The van der Waals surface area contributed by atoms with Crippen LogP contribution >= 0.6 is 0 Å². The number of piperidine rings is 2. The minimum Gasteiger partial charge on any atom is -0.496 e. The van der Waals surface area contributed by atoms with Crippen LogP contribution in [0.5, 0.6) is 5.75 Å². The molecule has 0 spiro atoms. The van der Waals surface area contributed by atoms with Crippen LogP contribution < -0.4 is 29.9 Å². The normalized spacial score (nSPS) is 19.3. The highest BCUT2D eigenvalue weighted by Gasteiger charge is 2.32. The topological polar surface area (TPSA) is 168 Å². The van der Waals surface area contributed by atoms with Gasteiger partial charge in [-0.2, -0.15) is 9.97 Å². The van der Waals surface area contributed by atoms with Crippen LogP contribution in [0.3, 0.4) is 0 Å². The Morgan fingerprint density at radius 3 is 2.48 bits per heavy atom. The molecule has 0 saturated carbocycles. The number of nitrogens with zero attached hydrogens (tertiary/aromatic N) is 6. The fourth-order valence-corrected chi connectivity index (χ4v) is 10.3. The number of halogens is 1. The van der Waals surface area contributed by atoms with E-state index in [1.807, 2.05) is 48.5 Å². The third-order valence-electron chi connectivity index (χ3n) is 12.6. The van der Waals surface area contributed by atoms with Crippen molar-refractivity contribution in [1.82, 2.24) is 30.1 Å². The number of hydrogen-bond acceptors (Lipinski definition) is 12. The molecule has 0 radical (unpaired) electrons. The fraction of sp³-hybridized carbons (Fsp3) is 0.409. The zero-order valence-corrected chi connectivity index (χ0v) is 35.2. The Bertz CT molecular complexity index is 2570. The van der Waals surface area contributed by atoms with Gasteiger partial charge in [-0.05, 0) is 79.6 Å². The number of para-hydroxylation sites is 1. The number of aromatic nitrogens is 3. The number of carbonyl (C=O) groups excluding carboxylic acids is 2. The van der Waals surface area contributed by atoms with Crippen LogP contribution in [0.4, 0.5) is 38.9 Å². The molecule has 3 aromatic carbocycles. The van der Waals surface area contributed by atoms with Crippen LogP contribution in [-0.2, 0) is 32.5 Å². The molecule has 1 atom stereocenters. The number of benzene rings is 3. The van der Waals surface area contributed by atoms with E-state index in [1.54, 1.807) is 13.3 Å². The van der Waals surface area contributed by atoms with Crippen molar-refractivity contribution in [3.8, 4) is 5.75 Å². The summed E-state index contributed by atoms with van der Waals surface area (Å²) in [6.45, 7) is 6.83. The third kappa shape index (κ3) is 8.59. The molecular formula is C44H51FN10O5S. The summed E-state index contributed by atoms with van der Waals surface area (Å²) in [7, 11) is -1.85. The highest BCUT2D eigenvalue weighted by Crippen LogP contribution is 2.40. The van der Waals surface area contributed by atoms with Gasteiger partial charge < -0.3 is 30.2 Å². The zero-order valence-electron chi connectivity index (χ0n) is 34.4. The van der Waals surface area contributed by atoms with E-state index in [4.69, 9.17) is 9.72 Å². The van der Waals surface area contributed by atoms with Crippen molar-refractivity contribution < 1.29 is 27.1 Å². The minimum atomic E-state index is -3.47. The lowest BCUT2D eigenvalue weighted by atomic mass is 9.89. The van der Waals surface area contributed by atoms with Gasteiger partial charge in [0, 0.05) is 82.3 Å². The van der Waals surface area contributed by atoms with E-state index in [0.29, 0.717) is 71.8 Å². The molecule has 320 valence electrons. The molecule has 0 bridgehead atoms. The molecule has 5 aromatic rings. The number of nitrogens with one attached hydrogen (secondary N) is 4. The molecule has 15 nitrogen and oxygen atoms in total. The van der Waals surface area contributed by atoms with E-state index in [0.717, 1.165) is 87.2 Å². The van der Waals surface area contributed by atoms with Crippen LogP contribution in [0, 0.1) is 5.82 Å². The second-order valence-electron chi connectivity index (χ2n) is 16.4. The average molecular weight is 851 g/mol. The number of sulfonamides is 1. The van der Waals surface area contributed by atoms with Crippen LogP contribution in [0.15, 0.2) is 66.9 Å². The summed E-state index contributed by atoms with van der Waals surface area (Å²) >= 11 is 0. The lowest BCUT2D eigenvalue weighted by Gasteiger charge is -2.43. The summed E-state index contributed by atoms with van der Waals surface area (Å²) in [6, 6.07) is 19.2. The minimum absolute atomic E-state index is 0.223. The fourth-order valence-electron chi connectivity index (χ4n) is 9.34. The van der Waals surface area contributed by atoms with Crippen molar-refractivity contribution in [3.63, 3.8) is 0 Å². The largest absolute Gasteiger partial charge is 0.496 e. The maximum absolute atomic E-state index is 15.8. The molecule has 6 heterocycles. The van der Waals surface area contributed by atoms with Gasteiger partial charge in [-0.1, -0.05) is 24.3 Å². The molecule has 3 fully saturated rings. The van der Waals surface area contributed by atoms with E-state index < -0.39 is 10.0 Å². The molecule has 2 aromatic heterocycles. The van der Waals surface area contributed by atoms with Crippen molar-refractivity contribution in [2.45, 2.75) is 50.5 Å². The molecule has 4 aliphatic heterocycles. The van der Waals surface area contributed by atoms with Gasteiger partial charge in [0.05, 0.1) is 41.7 Å². The number of carbonyl (C=O) groups is 2. The first-order chi connectivity index (χ1) is 29.5. The van der Waals surface area contributed by atoms with E-state index >= 15 is 4.39 Å². The Morgan fingerprint density at radius 2 is 1.72 bits per heavy atom. The number of amides is 2. The van der Waals surface area contributed by atoms with Crippen molar-refractivity contribution in [3.05, 3.63) is 89.4 Å².